The Bertz CT molecular complexity index is 1470. The summed E-state index contributed by atoms with van der Waals surface area (Å²) < 4.78 is 2.19. The SMILES string of the molecule is CCCCn1c(N2CCN(Cc3ccccc3)CC2)c(C=C2SC(=S)N(CCCCCC(=O)O)C2=O)c(C)c(C#N)c1=O. The summed E-state index contributed by atoms with van der Waals surface area (Å²) in [5, 5.41) is 18.9. The molecule has 2 aromatic rings. The summed E-state index contributed by atoms with van der Waals surface area (Å²) in [6.45, 7) is 8.69. The first-order chi connectivity index (χ1) is 20.7. The zero-order valence-corrected chi connectivity index (χ0v) is 26.5. The number of thiocarbonyl (C=S) groups is 1. The molecule has 1 aromatic carbocycles. The van der Waals surface area contributed by atoms with Crippen molar-refractivity contribution >= 4 is 52.1 Å². The van der Waals surface area contributed by atoms with Gasteiger partial charge in [-0.1, -0.05) is 74.1 Å². The number of nitriles is 1. The Balaban J connectivity index is 1.64. The highest BCUT2D eigenvalue weighted by molar-refractivity contribution is 8.26. The molecule has 43 heavy (non-hydrogen) atoms. The van der Waals surface area contributed by atoms with E-state index in [1.165, 1.54) is 17.3 Å². The molecule has 11 heteroatoms. The maximum atomic E-state index is 13.6. The second kappa shape index (κ2) is 15.3. The van der Waals surface area contributed by atoms with E-state index < -0.39 is 5.97 Å². The van der Waals surface area contributed by atoms with Crippen molar-refractivity contribution in [2.75, 3.05) is 37.6 Å². The van der Waals surface area contributed by atoms with Gasteiger partial charge in [0.15, 0.2) is 0 Å². The number of piperazine rings is 1. The normalized spacial score (nSPS) is 16.7. The quantitative estimate of drug-likeness (QED) is 0.188. The molecular weight excluding hydrogens is 583 g/mol. The van der Waals surface area contributed by atoms with E-state index in [0.717, 1.165) is 38.3 Å². The molecule has 0 aliphatic carbocycles. The number of rotatable bonds is 13. The van der Waals surface area contributed by atoms with Crippen molar-refractivity contribution in [2.24, 2.45) is 0 Å². The van der Waals surface area contributed by atoms with Crippen molar-refractivity contribution in [3.05, 3.63) is 67.8 Å². The third-order valence-corrected chi connectivity index (χ3v) is 9.30. The number of hydrogen-bond donors (Lipinski definition) is 1. The number of carboxylic acids is 1. The summed E-state index contributed by atoms with van der Waals surface area (Å²) in [4.78, 5) is 44.6. The average molecular weight is 622 g/mol. The number of benzene rings is 1. The predicted molar refractivity (Wildman–Crippen MR) is 175 cm³/mol. The van der Waals surface area contributed by atoms with E-state index in [4.69, 9.17) is 17.3 Å². The molecule has 4 rings (SSSR count). The van der Waals surface area contributed by atoms with Gasteiger partial charge in [-0.2, -0.15) is 5.26 Å². The smallest absolute Gasteiger partial charge is 0.303 e. The molecule has 1 amide bonds. The van der Waals surface area contributed by atoms with Crippen LogP contribution in [0.4, 0.5) is 5.82 Å². The highest BCUT2D eigenvalue weighted by Crippen LogP contribution is 2.36. The van der Waals surface area contributed by atoms with Crippen molar-refractivity contribution < 1.29 is 14.7 Å². The molecule has 0 radical (unpaired) electrons. The fourth-order valence-corrected chi connectivity index (χ4v) is 6.81. The van der Waals surface area contributed by atoms with E-state index in [1.807, 2.05) is 24.3 Å². The summed E-state index contributed by atoms with van der Waals surface area (Å²) in [6.07, 6.45) is 5.51. The summed E-state index contributed by atoms with van der Waals surface area (Å²) >= 11 is 6.78. The number of hydrogen-bond acceptors (Lipinski definition) is 8. The number of thioether (sulfide) groups is 1. The molecule has 2 saturated heterocycles. The second-order valence-electron chi connectivity index (χ2n) is 10.9. The number of amides is 1. The molecule has 228 valence electrons. The zero-order chi connectivity index (χ0) is 30.9. The fourth-order valence-electron chi connectivity index (χ4n) is 5.51. The molecule has 0 atom stereocenters. The number of aromatic nitrogens is 1. The average Bonchev–Trinajstić information content (AvgIpc) is 3.26. The molecule has 0 bridgehead atoms. The molecule has 0 saturated carbocycles. The first-order valence-electron chi connectivity index (χ1n) is 14.9. The van der Waals surface area contributed by atoms with Crippen LogP contribution < -0.4 is 10.5 Å². The molecule has 2 aliphatic rings. The van der Waals surface area contributed by atoms with Crippen LogP contribution in [-0.4, -0.2) is 68.4 Å². The molecule has 2 fully saturated rings. The summed E-state index contributed by atoms with van der Waals surface area (Å²) in [7, 11) is 0. The molecule has 0 spiro atoms. The van der Waals surface area contributed by atoms with Crippen LogP contribution in [0.5, 0.6) is 0 Å². The summed E-state index contributed by atoms with van der Waals surface area (Å²) in [5.74, 6) is -0.265. The standard InChI is InChI=1S/C32H39N5O4S2/c1-3-4-14-36-29(35-18-16-34(17-19-35)22-24-11-7-5-8-12-24)25(23(2)26(21-33)30(36)40)20-27-31(41)37(32(42)43-27)15-10-6-9-13-28(38)39/h5,7-8,11-12,20H,3-4,6,9-10,13-19,22H2,1-2H3,(H,38,39). The van der Waals surface area contributed by atoms with E-state index in [-0.39, 0.29) is 23.5 Å². The van der Waals surface area contributed by atoms with Gasteiger partial charge in [-0.15, -0.1) is 0 Å². The lowest BCUT2D eigenvalue weighted by atomic mass is 10.0. The maximum absolute atomic E-state index is 13.6. The van der Waals surface area contributed by atoms with Gasteiger partial charge in [-0.05, 0) is 43.4 Å². The van der Waals surface area contributed by atoms with Gasteiger partial charge in [-0.3, -0.25) is 28.8 Å². The minimum Gasteiger partial charge on any atom is -0.481 e. The Labute approximate surface area is 262 Å². The lowest BCUT2D eigenvalue weighted by molar-refractivity contribution is -0.137. The number of carbonyl (C=O) groups is 2. The van der Waals surface area contributed by atoms with Crippen molar-refractivity contribution in [3.63, 3.8) is 0 Å². The Morgan fingerprint density at radius 3 is 2.44 bits per heavy atom. The largest absolute Gasteiger partial charge is 0.481 e. The van der Waals surface area contributed by atoms with Gasteiger partial charge in [0.05, 0.1) is 4.91 Å². The van der Waals surface area contributed by atoms with E-state index in [0.29, 0.717) is 65.8 Å². The molecule has 3 heterocycles. The Hall–Kier alpha value is -3.46. The number of pyridine rings is 1. The zero-order valence-electron chi connectivity index (χ0n) is 24.9. The van der Waals surface area contributed by atoms with Crippen LogP contribution in [0.25, 0.3) is 6.08 Å². The van der Waals surface area contributed by atoms with Gasteiger partial charge in [0.2, 0.25) is 0 Å². The minimum atomic E-state index is -0.825. The molecule has 1 N–H and O–H groups in total. The molecule has 9 nitrogen and oxygen atoms in total. The highest BCUT2D eigenvalue weighted by atomic mass is 32.2. The van der Waals surface area contributed by atoms with Crippen LogP contribution >= 0.6 is 24.0 Å². The molecule has 2 aliphatic heterocycles. The van der Waals surface area contributed by atoms with Crippen LogP contribution in [0, 0.1) is 18.3 Å². The number of nitrogens with zero attached hydrogens (tertiary/aromatic N) is 5. The number of anilines is 1. The summed E-state index contributed by atoms with van der Waals surface area (Å²) in [6, 6.07) is 12.5. The third kappa shape index (κ3) is 7.93. The summed E-state index contributed by atoms with van der Waals surface area (Å²) in [5.41, 5.74) is 2.35. The van der Waals surface area contributed by atoms with Crippen molar-refractivity contribution in [1.82, 2.24) is 14.4 Å². The fraction of sp³-hybridized carbons (Fsp3) is 0.469. The van der Waals surface area contributed by atoms with E-state index in [1.54, 1.807) is 16.4 Å². The predicted octanol–water partition coefficient (Wildman–Crippen LogP) is 5.00. The van der Waals surface area contributed by atoms with E-state index in [2.05, 4.69) is 34.9 Å². The van der Waals surface area contributed by atoms with Crippen LogP contribution in [0.2, 0.25) is 0 Å². The van der Waals surface area contributed by atoms with Gasteiger partial charge in [-0.25, -0.2) is 0 Å². The number of unbranched alkanes of at least 4 members (excludes halogenated alkanes) is 3. The topological polar surface area (TPSA) is 110 Å². The molecule has 0 unspecified atom stereocenters. The van der Waals surface area contributed by atoms with Gasteiger partial charge in [0.25, 0.3) is 11.5 Å². The number of aliphatic carboxylic acids is 1. The monoisotopic (exact) mass is 621 g/mol. The first-order valence-corrected chi connectivity index (χ1v) is 16.1. The minimum absolute atomic E-state index is 0.0997. The van der Waals surface area contributed by atoms with Crippen LogP contribution in [0.15, 0.2) is 40.0 Å². The van der Waals surface area contributed by atoms with Gasteiger partial charge in [0.1, 0.15) is 21.8 Å². The first kappa shape index (κ1) is 32.5. The molecular formula is C32H39N5O4S2. The van der Waals surface area contributed by atoms with Crippen LogP contribution in [-0.2, 0) is 22.7 Å². The van der Waals surface area contributed by atoms with Crippen molar-refractivity contribution in [3.8, 4) is 6.07 Å². The Morgan fingerprint density at radius 2 is 1.79 bits per heavy atom. The number of carboxylic acid groups (broad SMARTS) is 1. The van der Waals surface area contributed by atoms with E-state index in [9.17, 15) is 19.6 Å². The van der Waals surface area contributed by atoms with Gasteiger partial charge < -0.3 is 10.0 Å². The van der Waals surface area contributed by atoms with Crippen LogP contribution in [0.1, 0.15) is 67.7 Å². The third-order valence-electron chi connectivity index (χ3n) is 7.92. The van der Waals surface area contributed by atoms with Gasteiger partial charge in [0, 0.05) is 57.8 Å². The van der Waals surface area contributed by atoms with Crippen molar-refractivity contribution in [2.45, 2.75) is 65.5 Å². The second-order valence-corrected chi connectivity index (χ2v) is 12.6. The van der Waals surface area contributed by atoms with Gasteiger partial charge >= 0.3 is 5.97 Å². The van der Waals surface area contributed by atoms with Crippen molar-refractivity contribution in [1.29, 1.82) is 5.26 Å². The Kier molecular flexibility index (Phi) is 11.6. The lowest BCUT2D eigenvalue weighted by Gasteiger charge is -2.38. The molecule has 1 aromatic heterocycles. The number of carbonyl (C=O) groups excluding carboxylic acids is 1. The lowest BCUT2D eigenvalue weighted by Crippen LogP contribution is -2.48. The highest BCUT2D eigenvalue weighted by Gasteiger charge is 2.33. The maximum Gasteiger partial charge on any atom is 0.303 e. The van der Waals surface area contributed by atoms with E-state index >= 15 is 0 Å². The van der Waals surface area contributed by atoms with Crippen LogP contribution in [0.3, 0.4) is 0 Å². The Morgan fingerprint density at radius 1 is 1.07 bits per heavy atom.